The molecular weight excluding hydrogens is 242 g/mol. The molecule has 0 atom stereocenters. The van der Waals surface area contributed by atoms with Gasteiger partial charge in [-0.25, -0.2) is 13.6 Å². The van der Waals surface area contributed by atoms with Gasteiger partial charge in [-0.3, -0.25) is 13.9 Å². The molecule has 0 aliphatic rings. The van der Waals surface area contributed by atoms with Gasteiger partial charge >= 0.3 is 5.69 Å². The Labute approximate surface area is 101 Å². The topological polar surface area (TPSA) is 44.0 Å². The molecule has 0 radical (unpaired) electrons. The highest BCUT2D eigenvalue weighted by Crippen LogP contribution is 2.14. The van der Waals surface area contributed by atoms with Gasteiger partial charge in [-0.05, 0) is 19.9 Å². The van der Waals surface area contributed by atoms with Crippen LogP contribution in [0.1, 0.15) is 19.9 Å². The van der Waals surface area contributed by atoms with Gasteiger partial charge in [-0.1, -0.05) is 0 Å². The summed E-state index contributed by atoms with van der Waals surface area (Å²) in [5.74, 6) is -2.19. The van der Waals surface area contributed by atoms with E-state index >= 15 is 0 Å². The van der Waals surface area contributed by atoms with Crippen LogP contribution in [0.2, 0.25) is 0 Å². The van der Waals surface area contributed by atoms with Crippen LogP contribution in [0.15, 0.2) is 21.7 Å². The van der Waals surface area contributed by atoms with E-state index in [0.717, 1.165) is 21.3 Å². The van der Waals surface area contributed by atoms with E-state index in [2.05, 4.69) is 0 Å². The van der Waals surface area contributed by atoms with Crippen LogP contribution in [0.3, 0.4) is 0 Å². The molecule has 0 amide bonds. The molecule has 0 unspecified atom stereocenters. The standard InChI is InChI=1S/C12H12F2N2O2/c1-6(2)16-11(17)7-4-8(13)9(14)5-10(7)15(3)12(16)18/h4-6H,1-3H3. The first-order chi connectivity index (χ1) is 8.34. The number of halogens is 2. The van der Waals surface area contributed by atoms with Crippen molar-refractivity contribution in [2.45, 2.75) is 19.9 Å². The third-order valence-corrected chi connectivity index (χ3v) is 2.86. The van der Waals surface area contributed by atoms with Crippen molar-refractivity contribution in [2.24, 2.45) is 7.05 Å². The maximum atomic E-state index is 13.2. The van der Waals surface area contributed by atoms with Crippen LogP contribution in [0.5, 0.6) is 0 Å². The van der Waals surface area contributed by atoms with Crippen molar-refractivity contribution in [3.63, 3.8) is 0 Å². The molecular formula is C12H12F2N2O2. The maximum Gasteiger partial charge on any atom is 0.331 e. The van der Waals surface area contributed by atoms with Crippen LogP contribution in [-0.2, 0) is 7.05 Å². The first-order valence-corrected chi connectivity index (χ1v) is 5.45. The SMILES string of the molecule is CC(C)n1c(=O)c2cc(F)c(F)cc2n(C)c1=O. The molecule has 96 valence electrons. The Morgan fingerprint density at radius 3 is 2.22 bits per heavy atom. The molecule has 1 aromatic carbocycles. The third kappa shape index (κ3) is 1.64. The van der Waals surface area contributed by atoms with Crippen LogP contribution in [0.25, 0.3) is 10.9 Å². The molecule has 0 aliphatic carbocycles. The fourth-order valence-corrected chi connectivity index (χ4v) is 1.92. The van der Waals surface area contributed by atoms with E-state index < -0.39 is 22.9 Å². The average molecular weight is 254 g/mol. The molecule has 0 saturated carbocycles. The predicted octanol–water partition coefficient (Wildman–Crippen LogP) is 1.56. The largest absolute Gasteiger partial charge is 0.331 e. The molecule has 1 heterocycles. The Balaban J connectivity index is 3.09. The zero-order valence-corrected chi connectivity index (χ0v) is 10.2. The molecule has 0 aliphatic heterocycles. The van der Waals surface area contributed by atoms with E-state index in [1.165, 1.54) is 7.05 Å². The van der Waals surface area contributed by atoms with Gasteiger partial charge in [-0.2, -0.15) is 0 Å². The molecule has 2 aromatic rings. The number of nitrogens with zero attached hydrogens (tertiary/aromatic N) is 2. The maximum absolute atomic E-state index is 13.2. The molecule has 2 rings (SSSR count). The van der Waals surface area contributed by atoms with Crippen LogP contribution >= 0.6 is 0 Å². The minimum atomic E-state index is -1.10. The van der Waals surface area contributed by atoms with E-state index in [-0.39, 0.29) is 16.9 Å². The number of rotatable bonds is 1. The average Bonchev–Trinajstić information content (AvgIpc) is 2.29. The summed E-state index contributed by atoms with van der Waals surface area (Å²) in [6, 6.07) is 1.33. The van der Waals surface area contributed by atoms with Gasteiger partial charge in [0.05, 0.1) is 10.9 Å². The van der Waals surface area contributed by atoms with Crippen LogP contribution in [0, 0.1) is 11.6 Å². The number of benzene rings is 1. The molecule has 0 saturated heterocycles. The summed E-state index contributed by atoms with van der Waals surface area (Å²) >= 11 is 0. The molecule has 0 N–H and O–H groups in total. The van der Waals surface area contributed by atoms with Crippen molar-refractivity contribution in [3.05, 3.63) is 44.6 Å². The summed E-state index contributed by atoms with van der Waals surface area (Å²) in [4.78, 5) is 24.0. The zero-order valence-electron chi connectivity index (χ0n) is 10.2. The first-order valence-electron chi connectivity index (χ1n) is 5.45. The number of hydrogen-bond donors (Lipinski definition) is 0. The fourth-order valence-electron chi connectivity index (χ4n) is 1.92. The van der Waals surface area contributed by atoms with E-state index in [0.29, 0.717) is 0 Å². The number of fused-ring (bicyclic) bond motifs is 1. The van der Waals surface area contributed by atoms with Crippen molar-refractivity contribution in [1.29, 1.82) is 0 Å². The van der Waals surface area contributed by atoms with Gasteiger partial charge < -0.3 is 0 Å². The Morgan fingerprint density at radius 1 is 1.11 bits per heavy atom. The molecule has 4 nitrogen and oxygen atoms in total. The van der Waals surface area contributed by atoms with Crippen LogP contribution in [-0.4, -0.2) is 9.13 Å². The molecule has 18 heavy (non-hydrogen) atoms. The van der Waals surface area contributed by atoms with E-state index in [1.54, 1.807) is 13.8 Å². The summed E-state index contributed by atoms with van der Waals surface area (Å²) in [5, 5.41) is -0.00954. The summed E-state index contributed by atoms with van der Waals surface area (Å²) in [7, 11) is 1.42. The van der Waals surface area contributed by atoms with Crippen LogP contribution in [0.4, 0.5) is 8.78 Å². The van der Waals surface area contributed by atoms with Crippen LogP contribution < -0.4 is 11.2 Å². The van der Waals surface area contributed by atoms with Crippen molar-refractivity contribution in [1.82, 2.24) is 9.13 Å². The van der Waals surface area contributed by atoms with Crippen molar-refractivity contribution in [3.8, 4) is 0 Å². The Kier molecular flexibility index (Phi) is 2.80. The lowest BCUT2D eigenvalue weighted by molar-refractivity contribution is 0.506. The Bertz CT molecular complexity index is 744. The highest BCUT2D eigenvalue weighted by atomic mass is 19.2. The minimum absolute atomic E-state index is 0.00954. The van der Waals surface area contributed by atoms with Gasteiger partial charge in [0.25, 0.3) is 5.56 Å². The lowest BCUT2D eigenvalue weighted by Crippen LogP contribution is -2.40. The predicted molar refractivity (Wildman–Crippen MR) is 63.8 cm³/mol. The van der Waals surface area contributed by atoms with Gasteiger partial charge in [-0.15, -0.1) is 0 Å². The smallest absolute Gasteiger partial charge is 0.296 e. The van der Waals surface area contributed by atoms with E-state index in [9.17, 15) is 18.4 Å². The van der Waals surface area contributed by atoms with E-state index in [4.69, 9.17) is 0 Å². The summed E-state index contributed by atoms with van der Waals surface area (Å²) < 4.78 is 28.5. The van der Waals surface area contributed by atoms with E-state index in [1.807, 2.05) is 0 Å². The number of hydrogen-bond acceptors (Lipinski definition) is 2. The minimum Gasteiger partial charge on any atom is -0.296 e. The molecule has 1 aromatic heterocycles. The zero-order chi connectivity index (χ0) is 13.6. The summed E-state index contributed by atoms with van der Waals surface area (Å²) in [5.41, 5.74) is -1.07. The second kappa shape index (κ2) is 4.04. The lowest BCUT2D eigenvalue weighted by Gasteiger charge is -2.13. The fraction of sp³-hybridized carbons (Fsp3) is 0.333. The monoisotopic (exact) mass is 254 g/mol. The molecule has 0 bridgehead atoms. The van der Waals surface area contributed by atoms with Gasteiger partial charge in [0.15, 0.2) is 11.6 Å². The van der Waals surface area contributed by atoms with Crippen molar-refractivity contribution < 1.29 is 8.78 Å². The summed E-state index contributed by atoms with van der Waals surface area (Å²) in [6.45, 7) is 3.35. The highest BCUT2D eigenvalue weighted by molar-refractivity contribution is 5.78. The second-order valence-electron chi connectivity index (χ2n) is 4.39. The normalized spacial score (nSPS) is 11.4. The second-order valence-corrected chi connectivity index (χ2v) is 4.39. The number of aromatic nitrogens is 2. The van der Waals surface area contributed by atoms with Gasteiger partial charge in [0.2, 0.25) is 0 Å². The van der Waals surface area contributed by atoms with Crippen molar-refractivity contribution in [2.75, 3.05) is 0 Å². The highest BCUT2D eigenvalue weighted by Gasteiger charge is 2.15. The first kappa shape index (κ1) is 12.5. The Hall–Kier alpha value is -1.98. The molecule has 0 fully saturated rings. The quantitative estimate of drug-likeness (QED) is 0.775. The third-order valence-electron chi connectivity index (χ3n) is 2.86. The van der Waals surface area contributed by atoms with Gasteiger partial charge in [0.1, 0.15) is 0 Å². The van der Waals surface area contributed by atoms with Gasteiger partial charge in [0, 0.05) is 19.2 Å². The molecule has 6 heteroatoms. The Morgan fingerprint density at radius 2 is 1.67 bits per heavy atom. The molecule has 0 spiro atoms. The summed E-state index contributed by atoms with van der Waals surface area (Å²) in [6.07, 6.45) is 0. The van der Waals surface area contributed by atoms with Crippen molar-refractivity contribution >= 4 is 10.9 Å². The number of aryl methyl sites for hydroxylation is 1. The lowest BCUT2D eigenvalue weighted by atomic mass is 10.2.